The number of hydrogen-bond acceptors (Lipinski definition) is 2. The average molecular weight is 258 g/mol. The summed E-state index contributed by atoms with van der Waals surface area (Å²) in [5.41, 5.74) is 0.119. The average Bonchev–Trinajstić information content (AvgIpc) is 2.20. The topological polar surface area (TPSA) is 40.5 Å². The van der Waals surface area contributed by atoms with Crippen LogP contribution in [0.15, 0.2) is 0 Å². The molecular formula is C16H34O2. The van der Waals surface area contributed by atoms with Crippen molar-refractivity contribution in [3.8, 4) is 0 Å². The molecule has 0 bridgehead atoms. The number of unbranched alkanes of at least 4 members (excludes halogenated alkanes) is 5. The second-order valence-electron chi connectivity index (χ2n) is 7.54. The van der Waals surface area contributed by atoms with Gasteiger partial charge in [0, 0.05) is 5.41 Å². The van der Waals surface area contributed by atoms with E-state index in [0.29, 0.717) is 5.41 Å². The zero-order valence-electron chi connectivity index (χ0n) is 13.1. The Morgan fingerprint density at radius 2 is 1.06 bits per heavy atom. The third-order valence-electron chi connectivity index (χ3n) is 3.70. The summed E-state index contributed by atoms with van der Waals surface area (Å²) in [6.45, 7) is 10.7. The van der Waals surface area contributed by atoms with Gasteiger partial charge in [0.25, 0.3) is 0 Å². The van der Waals surface area contributed by atoms with Crippen molar-refractivity contribution in [1.29, 1.82) is 0 Å². The van der Waals surface area contributed by atoms with E-state index < -0.39 is 6.29 Å². The molecular weight excluding hydrogens is 224 g/mol. The van der Waals surface area contributed by atoms with Gasteiger partial charge in [-0.2, -0.15) is 0 Å². The monoisotopic (exact) mass is 258 g/mol. The highest BCUT2D eigenvalue weighted by Crippen LogP contribution is 2.27. The first-order valence-electron chi connectivity index (χ1n) is 7.51. The largest absolute Gasteiger partial charge is 0.368 e. The van der Waals surface area contributed by atoms with Gasteiger partial charge >= 0.3 is 0 Å². The lowest BCUT2D eigenvalue weighted by Gasteiger charge is -2.26. The SMILES string of the molecule is CC(C)(C)CCCCCCCCC(C)(C)C(O)O. The van der Waals surface area contributed by atoms with Crippen LogP contribution in [0, 0.1) is 10.8 Å². The van der Waals surface area contributed by atoms with Gasteiger partial charge in [-0.3, -0.25) is 0 Å². The molecule has 0 rings (SSSR count). The predicted molar refractivity (Wildman–Crippen MR) is 78.4 cm³/mol. The lowest BCUT2D eigenvalue weighted by atomic mass is 9.86. The van der Waals surface area contributed by atoms with Crippen molar-refractivity contribution in [2.24, 2.45) is 10.8 Å². The smallest absolute Gasteiger partial charge is 0.156 e. The highest BCUT2D eigenvalue weighted by molar-refractivity contribution is 4.70. The van der Waals surface area contributed by atoms with E-state index in [2.05, 4.69) is 20.8 Å². The van der Waals surface area contributed by atoms with Crippen molar-refractivity contribution in [2.45, 2.75) is 92.3 Å². The Morgan fingerprint density at radius 3 is 1.44 bits per heavy atom. The van der Waals surface area contributed by atoms with Crippen molar-refractivity contribution in [3.05, 3.63) is 0 Å². The molecule has 2 N–H and O–H groups in total. The van der Waals surface area contributed by atoms with Crippen molar-refractivity contribution < 1.29 is 10.2 Å². The van der Waals surface area contributed by atoms with Crippen molar-refractivity contribution in [3.63, 3.8) is 0 Å². The fourth-order valence-electron chi connectivity index (χ4n) is 2.07. The number of aliphatic hydroxyl groups is 2. The molecule has 0 saturated carbocycles. The van der Waals surface area contributed by atoms with Gasteiger partial charge < -0.3 is 10.2 Å². The Hall–Kier alpha value is -0.0800. The Balaban J connectivity index is 3.37. The molecule has 0 fully saturated rings. The fraction of sp³-hybridized carbons (Fsp3) is 1.00. The second-order valence-corrected chi connectivity index (χ2v) is 7.54. The first-order chi connectivity index (χ1) is 8.15. The minimum absolute atomic E-state index is 0.355. The van der Waals surface area contributed by atoms with Crippen molar-refractivity contribution >= 4 is 0 Å². The van der Waals surface area contributed by atoms with Crippen LogP contribution in [0.4, 0.5) is 0 Å². The van der Waals surface area contributed by atoms with Gasteiger partial charge in [-0.15, -0.1) is 0 Å². The van der Waals surface area contributed by atoms with E-state index in [0.717, 1.165) is 12.8 Å². The van der Waals surface area contributed by atoms with E-state index >= 15 is 0 Å². The summed E-state index contributed by atoms with van der Waals surface area (Å²) in [4.78, 5) is 0. The van der Waals surface area contributed by atoms with Gasteiger partial charge in [0.05, 0.1) is 0 Å². The molecule has 0 aromatic carbocycles. The quantitative estimate of drug-likeness (QED) is 0.472. The van der Waals surface area contributed by atoms with Crippen LogP contribution in [0.3, 0.4) is 0 Å². The zero-order valence-corrected chi connectivity index (χ0v) is 13.1. The number of hydrogen-bond donors (Lipinski definition) is 2. The van der Waals surface area contributed by atoms with Crippen LogP contribution in [-0.4, -0.2) is 16.5 Å². The molecule has 0 saturated heterocycles. The van der Waals surface area contributed by atoms with Gasteiger partial charge in [-0.05, 0) is 18.3 Å². The van der Waals surface area contributed by atoms with Crippen molar-refractivity contribution in [1.82, 2.24) is 0 Å². The maximum atomic E-state index is 9.18. The molecule has 18 heavy (non-hydrogen) atoms. The molecule has 0 radical (unpaired) electrons. The van der Waals surface area contributed by atoms with Crippen LogP contribution in [0.1, 0.15) is 86.0 Å². The number of aliphatic hydroxyl groups excluding tert-OH is 1. The summed E-state index contributed by atoms with van der Waals surface area (Å²) in [7, 11) is 0. The predicted octanol–water partition coefficient (Wildman–Crippen LogP) is 4.49. The third-order valence-corrected chi connectivity index (χ3v) is 3.70. The first-order valence-corrected chi connectivity index (χ1v) is 7.51. The van der Waals surface area contributed by atoms with Gasteiger partial charge in [0.15, 0.2) is 6.29 Å². The minimum atomic E-state index is -1.19. The molecule has 0 aromatic heterocycles. The minimum Gasteiger partial charge on any atom is -0.368 e. The molecule has 0 aliphatic rings. The maximum absolute atomic E-state index is 9.18. The number of rotatable bonds is 9. The first kappa shape index (κ1) is 17.9. The highest BCUT2D eigenvalue weighted by atomic mass is 16.5. The molecule has 2 nitrogen and oxygen atoms in total. The van der Waals surface area contributed by atoms with Crippen molar-refractivity contribution in [2.75, 3.05) is 0 Å². The Labute approximate surface area is 114 Å². The Bertz CT molecular complexity index is 202. The molecule has 0 amide bonds. The van der Waals surface area contributed by atoms with Gasteiger partial charge in [-0.25, -0.2) is 0 Å². The molecule has 0 heterocycles. The van der Waals surface area contributed by atoms with E-state index in [4.69, 9.17) is 0 Å². The van der Waals surface area contributed by atoms with Gasteiger partial charge in [0.1, 0.15) is 0 Å². The molecule has 0 aliphatic carbocycles. The van der Waals surface area contributed by atoms with E-state index in [-0.39, 0.29) is 5.41 Å². The maximum Gasteiger partial charge on any atom is 0.156 e. The summed E-state index contributed by atoms with van der Waals surface area (Å²) in [5.74, 6) is 0. The van der Waals surface area contributed by atoms with E-state index in [1.54, 1.807) is 0 Å². The van der Waals surface area contributed by atoms with E-state index in [1.165, 1.54) is 38.5 Å². The lowest BCUT2D eigenvalue weighted by molar-refractivity contribution is -0.124. The zero-order chi connectivity index (χ0) is 14.2. The van der Waals surface area contributed by atoms with E-state index in [9.17, 15) is 10.2 Å². The lowest BCUT2D eigenvalue weighted by Crippen LogP contribution is -2.28. The summed E-state index contributed by atoms with van der Waals surface area (Å²) in [6, 6.07) is 0. The van der Waals surface area contributed by atoms with Crippen LogP contribution >= 0.6 is 0 Å². The molecule has 0 spiro atoms. The summed E-state index contributed by atoms with van der Waals surface area (Å²) in [5, 5.41) is 18.4. The van der Waals surface area contributed by atoms with Crippen LogP contribution in [0.25, 0.3) is 0 Å². The van der Waals surface area contributed by atoms with Gasteiger partial charge in [0.2, 0.25) is 0 Å². The Kier molecular flexibility index (Phi) is 8.13. The molecule has 0 aromatic rings. The second kappa shape index (κ2) is 8.16. The third kappa shape index (κ3) is 9.90. The normalized spacial score (nSPS) is 13.3. The molecule has 0 aliphatic heterocycles. The summed E-state index contributed by atoms with van der Waals surface area (Å²) >= 11 is 0. The standard InChI is InChI=1S/C16H34O2/c1-15(2,3)12-10-8-6-7-9-11-13-16(4,5)14(17)18/h14,17-18H,6-13H2,1-5H3. The molecule has 2 heteroatoms. The van der Waals surface area contributed by atoms with Gasteiger partial charge in [-0.1, -0.05) is 73.1 Å². The Morgan fingerprint density at radius 1 is 0.667 bits per heavy atom. The van der Waals surface area contributed by atoms with Crippen LogP contribution in [0.2, 0.25) is 0 Å². The molecule has 110 valence electrons. The molecule has 0 atom stereocenters. The van der Waals surface area contributed by atoms with Crippen LogP contribution in [0.5, 0.6) is 0 Å². The molecule has 0 unspecified atom stereocenters. The fourth-order valence-corrected chi connectivity index (χ4v) is 2.07. The van der Waals surface area contributed by atoms with E-state index in [1.807, 2.05) is 13.8 Å². The van der Waals surface area contributed by atoms with Crippen LogP contribution in [-0.2, 0) is 0 Å². The summed E-state index contributed by atoms with van der Waals surface area (Å²) in [6.07, 6.45) is 8.61. The highest BCUT2D eigenvalue weighted by Gasteiger charge is 2.24. The summed E-state index contributed by atoms with van der Waals surface area (Å²) < 4.78 is 0. The van der Waals surface area contributed by atoms with Crippen LogP contribution < -0.4 is 0 Å².